The van der Waals surface area contributed by atoms with Crippen LogP contribution in [0.15, 0.2) is 0 Å². The van der Waals surface area contributed by atoms with E-state index in [0.29, 0.717) is 24.7 Å². The fourth-order valence-corrected chi connectivity index (χ4v) is 0. The van der Waals surface area contributed by atoms with Crippen molar-refractivity contribution in [2.45, 2.75) is 0 Å². The molecule has 0 aliphatic heterocycles. The van der Waals surface area contributed by atoms with Crippen molar-refractivity contribution in [2.75, 3.05) is 0 Å². The standard InChI is InChI=1S/2ClH.6H2O.O.Zr/h2*1H;6*1H2;;. The summed E-state index contributed by atoms with van der Waals surface area (Å²) in [6.07, 6.45) is 0. The molecule has 0 atom stereocenters. The van der Waals surface area contributed by atoms with Gasteiger partial charge in [0.1, 0.15) is 0 Å². The molecular formula is H14Cl2O7Zr. The van der Waals surface area contributed by atoms with Crippen LogP contribution in [0.3, 0.4) is 0 Å². The molecule has 0 amide bonds. The van der Waals surface area contributed by atoms with Crippen LogP contribution in [-0.2, 0) is 27.5 Å². The number of hydrogen-bond acceptors (Lipinski definition) is 1. The first-order valence-electron chi connectivity index (χ1n) is 0.204. The molecule has 0 unspecified atom stereocenters. The third kappa shape index (κ3) is 555. The molecule has 0 saturated carbocycles. The van der Waals surface area contributed by atoms with Crippen LogP contribution < -0.4 is 0 Å². The van der Waals surface area contributed by atoms with Crippen molar-refractivity contribution in [3.8, 4) is 0 Å². The van der Waals surface area contributed by atoms with Gasteiger partial charge in [-0.05, 0) is 0 Å². The molecule has 0 rings (SSSR count). The van der Waals surface area contributed by atoms with E-state index in [2.05, 4.69) is 0 Å². The molecule has 0 aliphatic carbocycles. The van der Waals surface area contributed by atoms with Crippen molar-refractivity contribution in [3.05, 3.63) is 0 Å². The minimum absolute atomic E-state index is 0. The van der Waals surface area contributed by atoms with Gasteiger partial charge in [0, 0.05) is 0 Å². The van der Waals surface area contributed by atoms with Gasteiger partial charge in [-0.3, -0.25) is 0 Å². The molecule has 0 bridgehead atoms. The van der Waals surface area contributed by atoms with Gasteiger partial charge in [0.2, 0.25) is 0 Å². The summed E-state index contributed by atoms with van der Waals surface area (Å²) in [5.41, 5.74) is 0. The van der Waals surface area contributed by atoms with Gasteiger partial charge in [0.25, 0.3) is 0 Å². The second kappa shape index (κ2) is 780. The monoisotopic (exact) mass is 286 g/mol. The van der Waals surface area contributed by atoms with Crippen LogP contribution in [0, 0.1) is 0 Å². The van der Waals surface area contributed by atoms with Crippen LogP contribution >= 0.6 is 24.8 Å². The molecule has 10 heteroatoms. The average Bonchev–Trinajstić information content (AvgIpc) is 1.00. The Kier molecular flexibility index (Phi) is 21100. The van der Waals surface area contributed by atoms with Gasteiger partial charge in [-0.1, -0.05) is 0 Å². The zero-order valence-corrected chi connectivity index (χ0v) is 8.82. The van der Waals surface area contributed by atoms with E-state index in [1.807, 2.05) is 0 Å². The topological polar surface area (TPSA) is 206 Å². The summed E-state index contributed by atoms with van der Waals surface area (Å²) in [7, 11) is 0. The summed E-state index contributed by atoms with van der Waals surface area (Å²) in [5, 5.41) is 0. The van der Waals surface area contributed by atoms with Gasteiger partial charge < -0.3 is 32.9 Å². The molecule has 0 saturated heterocycles. The maximum atomic E-state index is 8.34. The van der Waals surface area contributed by atoms with Crippen molar-refractivity contribution >= 4 is 24.8 Å². The Bertz CT molecular complexity index is 11.6. The Morgan fingerprint density at radius 1 is 0.500 bits per heavy atom. The average molecular weight is 288 g/mol. The van der Waals surface area contributed by atoms with E-state index in [-0.39, 0.29) is 57.7 Å². The molecule has 0 fully saturated rings. The molecule has 0 radical (unpaired) electrons. The van der Waals surface area contributed by atoms with Crippen LogP contribution in [0.4, 0.5) is 0 Å². The predicted octanol–water partition coefficient (Wildman–Crippen LogP) is -4.23. The molecule has 0 spiro atoms. The maximum absolute atomic E-state index is 8.34. The van der Waals surface area contributed by atoms with E-state index in [4.69, 9.17) is 2.81 Å². The van der Waals surface area contributed by atoms with Crippen LogP contribution in [0.2, 0.25) is 0 Å². The molecule has 0 aromatic carbocycles. The van der Waals surface area contributed by atoms with Gasteiger partial charge in [-0.2, -0.15) is 0 Å². The number of halogens is 2. The molecule has 12 N–H and O–H groups in total. The van der Waals surface area contributed by atoms with Gasteiger partial charge in [0.15, 0.2) is 0 Å². The minimum atomic E-state index is 0. The second-order valence-corrected chi connectivity index (χ2v) is 0. The summed E-state index contributed by atoms with van der Waals surface area (Å²) in [6, 6.07) is 0. The first-order chi connectivity index (χ1) is 1.00. The molecule has 10 heavy (non-hydrogen) atoms. The Hall–Kier alpha value is 1.02. The van der Waals surface area contributed by atoms with Gasteiger partial charge in [0.05, 0.1) is 0 Å². The Labute approximate surface area is 85.1 Å². The third-order valence-electron chi connectivity index (χ3n) is 0. The molecule has 0 heterocycles. The van der Waals surface area contributed by atoms with E-state index in [1.54, 1.807) is 0 Å². The molecule has 7 nitrogen and oxygen atoms in total. The second-order valence-electron chi connectivity index (χ2n) is 0. The summed E-state index contributed by atoms with van der Waals surface area (Å²) in [5.74, 6) is 0. The molecule has 0 aliphatic rings. The van der Waals surface area contributed by atoms with E-state index < -0.39 is 0 Å². The third-order valence-corrected chi connectivity index (χ3v) is 0. The molecular weight excluding hydrogens is 274 g/mol. The quantitative estimate of drug-likeness (QED) is 0.426. The van der Waals surface area contributed by atoms with Gasteiger partial charge in [-0.15, -0.1) is 24.8 Å². The van der Waals surface area contributed by atoms with Crippen LogP contribution in [0.5, 0.6) is 0 Å². The fraction of sp³-hybridized carbons (Fsp3) is 0. The molecule has 0 aromatic rings. The summed E-state index contributed by atoms with van der Waals surface area (Å²) < 4.78 is 8.34. The number of rotatable bonds is 0. The van der Waals surface area contributed by atoms with Crippen LogP contribution in [-0.4, -0.2) is 32.9 Å². The van der Waals surface area contributed by atoms with Crippen LogP contribution in [0.1, 0.15) is 0 Å². The number of hydrogen-bond donors (Lipinski definition) is 0. The van der Waals surface area contributed by atoms with Crippen LogP contribution in [0.25, 0.3) is 0 Å². The molecule has 74 valence electrons. The normalized spacial score (nSPS) is 0.300. The molecule has 0 aromatic heterocycles. The summed E-state index contributed by atoms with van der Waals surface area (Å²) in [6.45, 7) is 0. The first kappa shape index (κ1) is 271. The van der Waals surface area contributed by atoms with Gasteiger partial charge in [-0.25, -0.2) is 0 Å². The van der Waals surface area contributed by atoms with Crippen molar-refractivity contribution < 1.29 is 60.4 Å². The Morgan fingerprint density at radius 2 is 0.500 bits per heavy atom. The van der Waals surface area contributed by atoms with Crippen molar-refractivity contribution in [1.82, 2.24) is 0 Å². The van der Waals surface area contributed by atoms with Crippen molar-refractivity contribution in [1.29, 1.82) is 0 Å². The van der Waals surface area contributed by atoms with E-state index in [1.165, 1.54) is 0 Å². The SMILES string of the molecule is Cl.Cl.O.O.O.O.O.O.[O]=[Zr]. The zero-order valence-electron chi connectivity index (χ0n) is 4.72. The first-order valence-corrected chi connectivity index (χ1v) is 1.21. The summed E-state index contributed by atoms with van der Waals surface area (Å²) >= 11 is 0.300. The van der Waals surface area contributed by atoms with E-state index >= 15 is 0 Å². The summed E-state index contributed by atoms with van der Waals surface area (Å²) in [4.78, 5) is 0. The van der Waals surface area contributed by atoms with Crippen molar-refractivity contribution in [2.24, 2.45) is 0 Å². The predicted molar refractivity (Wildman–Crippen MR) is 36.9 cm³/mol. The zero-order chi connectivity index (χ0) is 2.00. The van der Waals surface area contributed by atoms with Crippen molar-refractivity contribution in [3.63, 3.8) is 0 Å². The van der Waals surface area contributed by atoms with E-state index in [0.717, 1.165) is 0 Å². The van der Waals surface area contributed by atoms with Gasteiger partial charge >= 0.3 is 27.5 Å². The Balaban J connectivity index is -0.000000000179. The van der Waals surface area contributed by atoms with E-state index in [9.17, 15) is 0 Å². The Morgan fingerprint density at radius 3 is 0.500 bits per heavy atom. The fourth-order valence-electron chi connectivity index (χ4n) is 0.